The van der Waals surface area contributed by atoms with Crippen LogP contribution in [0.25, 0.3) is 0 Å². The molecule has 2 aliphatic heterocycles. The smallest absolute Gasteiger partial charge is 0.312 e. The number of methoxy groups -OCH3 is 2. The van der Waals surface area contributed by atoms with Crippen LogP contribution in [0.4, 0.5) is 4.79 Å². The second kappa shape index (κ2) is 40.7. The molecule has 568 valence electrons. The van der Waals surface area contributed by atoms with Crippen molar-refractivity contribution in [3.05, 3.63) is 29.8 Å². The molecule has 0 aromatic heterocycles. The normalized spacial score (nSPS) is 19.4. The Morgan fingerprint density at radius 3 is 1.91 bits per heavy atom. The van der Waals surface area contributed by atoms with Crippen LogP contribution < -0.4 is 37.0 Å². The van der Waals surface area contributed by atoms with Crippen LogP contribution in [0.5, 0.6) is 0 Å². The number of sulfonamides is 1. The van der Waals surface area contributed by atoms with Crippen LogP contribution >= 0.6 is 12.6 Å². The average Bonchev–Trinajstić information content (AvgIpc) is 1.51. The molecule has 12 atom stereocenters. The maximum absolute atomic E-state index is 14.5. The molecule has 3 fully saturated rings. The van der Waals surface area contributed by atoms with E-state index in [1.165, 1.54) is 50.3 Å². The van der Waals surface area contributed by atoms with Gasteiger partial charge in [-0.05, 0) is 107 Å². The van der Waals surface area contributed by atoms with E-state index in [1.807, 2.05) is 74.4 Å². The first-order valence-electron chi connectivity index (χ1n) is 35.6. The summed E-state index contributed by atoms with van der Waals surface area (Å²) in [7, 11) is 3.71. The molecule has 1 aliphatic carbocycles. The third-order valence-corrected chi connectivity index (χ3v) is 22.0. The summed E-state index contributed by atoms with van der Waals surface area (Å²) in [4.78, 5) is 141. The highest BCUT2D eigenvalue weighted by Crippen LogP contribution is 2.46. The minimum Gasteiger partial charge on any atom is -0.379 e. The van der Waals surface area contributed by atoms with Gasteiger partial charge < -0.3 is 65.8 Å². The second-order valence-corrected chi connectivity index (χ2v) is 30.8. The molecule has 0 radical (unpaired) electrons. The SMILES string of the molecule is CCCC(S)(CC)C1CC(=O)N(CCOCCOCCOCCC(=O)N[C@H](C(=O)N[C@@H](CCCNC(N)=O)C(=O)NC2(c3ccc(S(=O)(=O)NC(=O)[C@H](C)[C@@H](OC)[C@@H]4CCCN4C(=O)C[C@@H](OC)[C@H]([C@@H](C)CC)N(C)C(=O)[C@@H](NC(=O)[C@H](C(C)C)N(C)C)C(C)C)cc3)CC2)C(C)C)C1=O. The van der Waals surface area contributed by atoms with Gasteiger partial charge in [-0.2, -0.15) is 12.6 Å². The summed E-state index contributed by atoms with van der Waals surface area (Å²) >= 11 is 4.80. The van der Waals surface area contributed by atoms with Crippen molar-refractivity contribution in [3.8, 4) is 0 Å². The van der Waals surface area contributed by atoms with Gasteiger partial charge in [-0.1, -0.05) is 101 Å². The Bertz CT molecular complexity index is 2980. The molecule has 1 aromatic rings. The van der Waals surface area contributed by atoms with Crippen LogP contribution in [0.1, 0.15) is 165 Å². The average molecular weight is 1450 g/mol. The molecule has 2 unspecified atom stereocenters. The van der Waals surface area contributed by atoms with Crippen molar-refractivity contribution in [2.45, 2.75) is 223 Å². The summed E-state index contributed by atoms with van der Waals surface area (Å²) < 4.78 is 58.4. The lowest BCUT2D eigenvalue weighted by molar-refractivity contribution is -0.148. The molecule has 30 heteroatoms. The molecule has 3 aliphatic rings. The Hall–Kier alpha value is -6.02. The van der Waals surface area contributed by atoms with Gasteiger partial charge in [0.05, 0.1) is 105 Å². The highest BCUT2D eigenvalue weighted by Gasteiger charge is 2.50. The Morgan fingerprint density at radius 2 is 1.38 bits per heavy atom. The van der Waals surface area contributed by atoms with Crippen molar-refractivity contribution in [3.63, 3.8) is 0 Å². The van der Waals surface area contributed by atoms with Gasteiger partial charge in [-0.25, -0.2) is 17.9 Å². The summed E-state index contributed by atoms with van der Waals surface area (Å²) in [6.07, 6.45) is 3.44. The zero-order valence-electron chi connectivity index (χ0n) is 62.1. The zero-order valence-corrected chi connectivity index (χ0v) is 63.8. The Morgan fingerprint density at radius 1 is 0.770 bits per heavy atom. The zero-order chi connectivity index (χ0) is 75.0. The van der Waals surface area contributed by atoms with Gasteiger partial charge in [0.2, 0.25) is 53.2 Å². The topological polar surface area (TPSA) is 362 Å². The molecule has 2 heterocycles. The number of urea groups is 1. The second-order valence-electron chi connectivity index (χ2n) is 28.3. The van der Waals surface area contributed by atoms with Crippen LogP contribution in [0.2, 0.25) is 0 Å². The molecule has 100 heavy (non-hydrogen) atoms. The highest BCUT2D eigenvalue weighted by atomic mass is 32.2. The Kier molecular flexibility index (Phi) is 35.2. The fourth-order valence-electron chi connectivity index (χ4n) is 13.6. The van der Waals surface area contributed by atoms with Crippen LogP contribution in [0, 0.1) is 35.5 Å². The minimum absolute atomic E-state index is 0.0201. The number of carbonyl (C=O) groups excluding carboxylic acids is 10. The molecule has 11 amide bonds. The molecular weight excluding hydrogens is 1330 g/mol. The van der Waals surface area contributed by atoms with E-state index in [-0.39, 0.29) is 137 Å². The van der Waals surface area contributed by atoms with Crippen molar-refractivity contribution >= 4 is 81.8 Å². The first kappa shape index (κ1) is 86.4. The maximum atomic E-state index is 14.5. The summed E-state index contributed by atoms with van der Waals surface area (Å²) in [6, 6.07) is 0.229. The number of likely N-dealkylation sites (N-methyl/N-ethyl adjacent to an activating group) is 2. The van der Waals surface area contributed by atoms with Gasteiger partial charge in [0, 0.05) is 51.9 Å². The lowest BCUT2D eigenvalue weighted by atomic mass is 9.84. The number of rotatable bonds is 46. The van der Waals surface area contributed by atoms with E-state index in [4.69, 9.17) is 42.0 Å². The summed E-state index contributed by atoms with van der Waals surface area (Å²) in [6.45, 7) is 22.2. The van der Waals surface area contributed by atoms with E-state index in [9.17, 15) is 56.4 Å². The lowest BCUT2D eigenvalue weighted by Crippen LogP contribution is -2.59. The van der Waals surface area contributed by atoms with E-state index in [1.54, 1.807) is 30.7 Å². The van der Waals surface area contributed by atoms with Crippen molar-refractivity contribution < 1.29 is 80.0 Å². The quantitative estimate of drug-likeness (QED) is 0.0260. The van der Waals surface area contributed by atoms with Gasteiger partial charge in [-0.3, -0.25) is 53.0 Å². The van der Waals surface area contributed by atoms with Crippen molar-refractivity contribution in [2.75, 3.05) is 94.6 Å². The van der Waals surface area contributed by atoms with E-state index < -0.39 is 116 Å². The number of nitrogens with one attached hydrogen (secondary N) is 6. The number of thiol groups is 1. The first-order valence-corrected chi connectivity index (χ1v) is 37.5. The predicted molar refractivity (Wildman–Crippen MR) is 380 cm³/mol. The lowest BCUT2D eigenvalue weighted by Gasteiger charge is -2.41. The van der Waals surface area contributed by atoms with E-state index in [0.717, 1.165) is 12.8 Å². The third kappa shape index (κ3) is 24.3. The molecule has 1 aromatic carbocycles. The fraction of sp³-hybridized carbons (Fsp3) is 0.771. The van der Waals surface area contributed by atoms with E-state index in [2.05, 4.69) is 31.3 Å². The first-order chi connectivity index (χ1) is 47.1. The molecule has 4 rings (SSSR count). The van der Waals surface area contributed by atoms with Gasteiger partial charge in [0.15, 0.2) is 0 Å². The molecule has 28 nitrogen and oxygen atoms in total. The number of primary amides is 1. The summed E-state index contributed by atoms with van der Waals surface area (Å²) in [5.41, 5.74) is 4.91. The van der Waals surface area contributed by atoms with Crippen LogP contribution in [0.3, 0.4) is 0 Å². The Balaban J connectivity index is 1.33. The molecule has 8 N–H and O–H groups in total. The fourth-order valence-corrected chi connectivity index (χ4v) is 15.1. The molecule has 1 saturated carbocycles. The third-order valence-electron chi connectivity index (χ3n) is 19.7. The molecule has 0 bridgehead atoms. The molecular formula is C70H119N11O17S2. The van der Waals surface area contributed by atoms with Crippen LogP contribution in [0.15, 0.2) is 29.2 Å². The van der Waals surface area contributed by atoms with Crippen LogP contribution in [-0.4, -0.2) is 235 Å². The van der Waals surface area contributed by atoms with Gasteiger partial charge in [0.1, 0.15) is 18.1 Å². The van der Waals surface area contributed by atoms with Crippen molar-refractivity contribution in [2.24, 2.45) is 41.2 Å². The number of hydrogen-bond donors (Lipinski definition) is 8. The van der Waals surface area contributed by atoms with Gasteiger partial charge in [0.25, 0.3) is 10.0 Å². The maximum Gasteiger partial charge on any atom is 0.312 e. The highest BCUT2D eigenvalue weighted by molar-refractivity contribution is 7.90. The predicted octanol–water partition coefficient (Wildman–Crippen LogP) is 4.01. The number of likely N-dealkylation sites (tertiary alicyclic amines) is 2. The monoisotopic (exact) mass is 1450 g/mol. The number of amides is 11. The van der Waals surface area contributed by atoms with Gasteiger partial charge in [-0.15, -0.1) is 0 Å². The standard InChI is InChI=1S/C70H119N11O17S2/c1-17-29-70(99,19-3)50-41-55(83)81(66(50)89)34-36-97-38-40-98-39-37-96-35-28-54(82)74-57(43(4)5)64(87)73-51(22-20-32-72-68(71)91)63(86)76-69(30-31-69)48-24-26-49(27-25-48)100(92,93)77-62(85)47(11)61(95-16)52-23-21-33-80(52)56(84)42-53(94-15)60(46(10)18-2)79(14)67(90)58(44(6)7)75-65(88)59(45(8)9)78(12)13/h24-27,43-47,50-53,57-61,99H,17-23,28-42H2,1-16H3,(H,73,87)(H,74,82)(H,75,88)(H,76,86)(H,77,85)(H3,71,72,91)/t46-,47+,50?,51-,52-,53+,57-,58-,59-,60-,61+,70?/m0/s1. The van der Waals surface area contributed by atoms with E-state index >= 15 is 0 Å². The van der Waals surface area contributed by atoms with Crippen molar-refractivity contribution in [1.82, 2.24) is 50.9 Å². The Labute approximate surface area is 599 Å². The number of hydrogen-bond acceptors (Lipinski definition) is 19. The van der Waals surface area contributed by atoms with Crippen LogP contribution in [-0.2, 0) is 82.4 Å². The number of nitrogens with zero attached hydrogens (tertiary/aromatic N) is 4. The minimum atomic E-state index is -4.49. The summed E-state index contributed by atoms with van der Waals surface area (Å²) in [5.74, 6) is -6.19. The van der Waals surface area contributed by atoms with Gasteiger partial charge >= 0.3 is 6.03 Å². The number of ether oxygens (including phenoxy) is 5. The number of carbonyl (C=O) groups is 10. The number of imide groups is 1. The molecule has 0 spiro atoms. The van der Waals surface area contributed by atoms with E-state index in [0.29, 0.717) is 50.6 Å². The number of benzene rings is 1. The molecule has 2 saturated heterocycles. The van der Waals surface area contributed by atoms with Crippen molar-refractivity contribution in [1.29, 1.82) is 0 Å². The summed E-state index contributed by atoms with van der Waals surface area (Å²) in [5, 5.41) is 14.1. The largest absolute Gasteiger partial charge is 0.379 e. The number of nitrogens with two attached hydrogens (primary N) is 1.